The van der Waals surface area contributed by atoms with Gasteiger partial charge in [0.15, 0.2) is 6.29 Å². The highest BCUT2D eigenvalue weighted by Crippen LogP contribution is 2.17. The number of hydrogen-bond donors (Lipinski definition) is 3. The van der Waals surface area contributed by atoms with E-state index in [4.69, 9.17) is 21.8 Å². The summed E-state index contributed by atoms with van der Waals surface area (Å²) in [5.41, 5.74) is -0.265. The molecule has 15 heavy (non-hydrogen) atoms. The van der Waals surface area contributed by atoms with Gasteiger partial charge in [-0.1, -0.05) is 11.6 Å². The summed E-state index contributed by atoms with van der Waals surface area (Å²) in [6.45, 7) is 0. The Morgan fingerprint density at radius 3 is 2.27 bits per heavy atom. The summed E-state index contributed by atoms with van der Waals surface area (Å²) in [6, 6.07) is 0. The largest absolute Gasteiger partial charge is 0.464 e. The second-order valence-electron chi connectivity index (χ2n) is 2.28. The van der Waals surface area contributed by atoms with Crippen LogP contribution in [0.4, 0.5) is 15.5 Å². The number of aromatic nitrogens is 2. The molecule has 0 radical (unpaired) electrons. The summed E-state index contributed by atoms with van der Waals surface area (Å²) < 4.78 is 0. The lowest BCUT2D eigenvalue weighted by atomic mass is 10.5. The smallest absolute Gasteiger partial charge is 0.424 e. The number of aromatic amines is 1. The molecule has 0 fully saturated rings. The normalized spacial score (nSPS) is 9.67. The molecule has 0 bridgehead atoms. The molecule has 1 rings (SSSR count). The van der Waals surface area contributed by atoms with Crippen LogP contribution in [0.25, 0.3) is 0 Å². The number of H-pyrrole nitrogens is 1. The van der Waals surface area contributed by atoms with Crippen LogP contribution in [0.2, 0.25) is 5.15 Å². The van der Waals surface area contributed by atoms with Crippen LogP contribution in [0.1, 0.15) is 10.5 Å². The molecule has 0 aliphatic rings. The number of nitrogens with one attached hydrogen (secondary N) is 1. The van der Waals surface area contributed by atoms with E-state index in [1.807, 2.05) is 0 Å². The lowest BCUT2D eigenvalue weighted by molar-refractivity contribution is 0.111. The SMILES string of the molecule is O=Cc1nc(N(C(=O)O)C(=O)O)[nH]c1Cl. The summed E-state index contributed by atoms with van der Waals surface area (Å²) >= 11 is 5.44. The van der Waals surface area contributed by atoms with E-state index in [1.54, 1.807) is 0 Å². The van der Waals surface area contributed by atoms with Crippen LogP contribution in [0.5, 0.6) is 0 Å². The summed E-state index contributed by atoms with van der Waals surface area (Å²) in [7, 11) is 0. The molecule has 8 nitrogen and oxygen atoms in total. The molecule has 0 aromatic carbocycles. The van der Waals surface area contributed by atoms with Crippen LogP contribution in [0, 0.1) is 0 Å². The predicted octanol–water partition coefficient (Wildman–Crippen LogP) is 1.04. The Balaban J connectivity index is 3.18. The molecule has 0 saturated carbocycles. The molecule has 0 saturated heterocycles. The second-order valence-corrected chi connectivity index (χ2v) is 2.66. The average molecular weight is 234 g/mol. The van der Waals surface area contributed by atoms with E-state index in [9.17, 15) is 14.4 Å². The molecule has 1 heterocycles. The molecule has 0 unspecified atom stereocenters. The maximum atomic E-state index is 10.5. The first-order valence-corrected chi connectivity index (χ1v) is 3.81. The van der Waals surface area contributed by atoms with Gasteiger partial charge < -0.3 is 15.2 Å². The van der Waals surface area contributed by atoms with Crippen molar-refractivity contribution in [3.8, 4) is 0 Å². The highest BCUT2D eigenvalue weighted by molar-refractivity contribution is 6.31. The molecule has 1 aromatic heterocycles. The Morgan fingerprint density at radius 1 is 1.40 bits per heavy atom. The lowest BCUT2D eigenvalue weighted by Crippen LogP contribution is -2.35. The van der Waals surface area contributed by atoms with Crippen molar-refractivity contribution >= 4 is 36.0 Å². The third kappa shape index (κ3) is 2.05. The molecule has 2 amide bonds. The van der Waals surface area contributed by atoms with Crippen molar-refractivity contribution in [2.45, 2.75) is 0 Å². The third-order valence-electron chi connectivity index (χ3n) is 1.38. The Kier molecular flexibility index (Phi) is 2.90. The molecular weight excluding hydrogens is 230 g/mol. The Morgan fingerprint density at radius 2 is 1.93 bits per heavy atom. The van der Waals surface area contributed by atoms with Gasteiger partial charge in [0.1, 0.15) is 10.8 Å². The number of hydrogen-bond acceptors (Lipinski definition) is 4. The maximum absolute atomic E-state index is 10.5. The van der Waals surface area contributed by atoms with Crippen molar-refractivity contribution in [2.75, 3.05) is 4.90 Å². The summed E-state index contributed by atoms with van der Waals surface area (Å²) in [5.74, 6) is -0.554. The fraction of sp³-hybridized carbons (Fsp3) is 0. The van der Waals surface area contributed by atoms with Crippen molar-refractivity contribution in [1.82, 2.24) is 9.97 Å². The van der Waals surface area contributed by atoms with Gasteiger partial charge in [0.2, 0.25) is 5.95 Å². The number of anilines is 1. The number of imide groups is 1. The minimum Gasteiger partial charge on any atom is -0.464 e. The molecule has 80 valence electrons. The molecule has 3 N–H and O–H groups in total. The van der Waals surface area contributed by atoms with Crippen molar-refractivity contribution in [3.05, 3.63) is 10.8 Å². The predicted molar refractivity (Wildman–Crippen MR) is 47.5 cm³/mol. The molecule has 0 atom stereocenters. The topological polar surface area (TPSA) is 124 Å². The average Bonchev–Trinajstić information content (AvgIpc) is 2.45. The molecule has 0 aliphatic carbocycles. The second kappa shape index (κ2) is 3.96. The van der Waals surface area contributed by atoms with E-state index in [-0.39, 0.29) is 22.0 Å². The highest BCUT2D eigenvalue weighted by atomic mass is 35.5. The standard InChI is InChI=1S/C6H4ClN3O5/c7-3-2(1-11)8-4(9-3)10(5(12)13)6(14)15/h1H,(H,8,9)(H,12,13)(H,14,15). The summed E-state index contributed by atoms with van der Waals surface area (Å²) in [5, 5.41) is 16.8. The number of nitrogens with zero attached hydrogens (tertiary/aromatic N) is 2. The monoisotopic (exact) mass is 233 g/mol. The van der Waals surface area contributed by atoms with E-state index in [2.05, 4.69) is 9.97 Å². The minimum atomic E-state index is -1.76. The molecule has 9 heteroatoms. The van der Waals surface area contributed by atoms with Crippen molar-refractivity contribution < 1.29 is 24.6 Å². The fourth-order valence-corrected chi connectivity index (χ4v) is 0.972. The number of halogens is 1. The number of amides is 2. The first kappa shape index (κ1) is 11.0. The van der Waals surface area contributed by atoms with Gasteiger partial charge in [0.25, 0.3) is 0 Å². The zero-order valence-corrected chi connectivity index (χ0v) is 7.72. The minimum absolute atomic E-state index is 0.0983. The number of rotatable bonds is 2. The molecular formula is C6H4ClN3O5. The quantitative estimate of drug-likeness (QED) is 0.656. The first-order valence-electron chi connectivity index (χ1n) is 3.44. The Hall–Kier alpha value is -2.09. The summed E-state index contributed by atoms with van der Waals surface area (Å²) in [4.78, 5) is 36.8. The Labute approximate surface area is 87.1 Å². The number of imidazole rings is 1. The maximum Gasteiger partial charge on any atom is 0.424 e. The van der Waals surface area contributed by atoms with Gasteiger partial charge in [-0.05, 0) is 0 Å². The van der Waals surface area contributed by atoms with Gasteiger partial charge in [0, 0.05) is 0 Å². The van der Waals surface area contributed by atoms with Gasteiger partial charge in [-0.15, -0.1) is 4.90 Å². The number of carboxylic acid groups (broad SMARTS) is 2. The molecule has 1 aromatic rings. The number of aldehydes is 1. The van der Waals surface area contributed by atoms with Crippen molar-refractivity contribution in [3.63, 3.8) is 0 Å². The van der Waals surface area contributed by atoms with E-state index in [0.717, 1.165) is 0 Å². The van der Waals surface area contributed by atoms with Crippen molar-refractivity contribution in [1.29, 1.82) is 0 Å². The van der Waals surface area contributed by atoms with Gasteiger partial charge in [0.05, 0.1) is 0 Å². The highest BCUT2D eigenvalue weighted by Gasteiger charge is 2.26. The number of carbonyl (C=O) groups is 3. The molecule has 0 aliphatic heterocycles. The van der Waals surface area contributed by atoms with E-state index in [1.165, 1.54) is 0 Å². The number of carbonyl (C=O) groups excluding carboxylic acids is 1. The van der Waals surface area contributed by atoms with Gasteiger partial charge >= 0.3 is 12.2 Å². The summed E-state index contributed by atoms with van der Waals surface area (Å²) in [6.07, 6.45) is -3.25. The van der Waals surface area contributed by atoms with Crippen LogP contribution in [-0.2, 0) is 0 Å². The first-order chi connectivity index (χ1) is 6.97. The van der Waals surface area contributed by atoms with E-state index >= 15 is 0 Å². The van der Waals surface area contributed by atoms with E-state index < -0.39 is 18.1 Å². The van der Waals surface area contributed by atoms with Gasteiger partial charge in [-0.2, -0.15) is 0 Å². The van der Waals surface area contributed by atoms with Crippen LogP contribution in [-0.4, -0.2) is 38.7 Å². The van der Waals surface area contributed by atoms with Crippen LogP contribution in [0.3, 0.4) is 0 Å². The zero-order valence-electron chi connectivity index (χ0n) is 6.97. The zero-order chi connectivity index (χ0) is 11.6. The molecule has 0 spiro atoms. The third-order valence-corrected chi connectivity index (χ3v) is 1.67. The fourth-order valence-electron chi connectivity index (χ4n) is 0.800. The van der Waals surface area contributed by atoms with Crippen LogP contribution >= 0.6 is 11.6 Å². The Bertz CT molecular complexity index is 414. The van der Waals surface area contributed by atoms with Gasteiger partial charge in [-0.25, -0.2) is 14.6 Å². The van der Waals surface area contributed by atoms with Crippen molar-refractivity contribution in [2.24, 2.45) is 0 Å². The van der Waals surface area contributed by atoms with Crippen LogP contribution in [0.15, 0.2) is 0 Å². The van der Waals surface area contributed by atoms with Crippen LogP contribution < -0.4 is 4.90 Å². The lowest BCUT2D eigenvalue weighted by Gasteiger charge is -2.08. The van der Waals surface area contributed by atoms with E-state index in [0.29, 0.717) is 0 Å². The van der Waals surface area contributed by atoms with Gasteiger partial charge in [-0.3, -0.25) is 4.79 Å².